The fourth-order valence-corrected chi connectivity index (χ4v) is 1.59. The maximum Gasteiger partial charge on any atom is 0.225 e. The largest absolute Gasteiger partial charge is 0.325 e. The molecule has 2 aromatic rings. The normalized spacial score (nSPS) is 10.2. The summed E-state index contributed by atoms with van der Waals surface area (Å²) < 4.78 is 1.55. The van der Waals surface area contributed by atoms with Gasteiger partial charge in [-0.05, 0) is 12.1 Å². The Labute approximate surface area is 106 Å². The fourth-order valence-electron chi connectivity index (χ4n) is 1.23. The van der Waals surface area contributed by atoms with Gasteiger partial charge in [0.1, 0.15) is 12.7 Å². The van der Waals surface area contributed by atoms with E-state index in [2.05, 4.69) is 36.3 Å². The van der Waals surface area contributed by atoms with Crippen LogP contribution in [0.5, 0.6) is 0 Å². The van der Waals surface area contributed by atoms with Crippen LogP contribution in [0.25, 0.3) is 5.82 Å². The predicted octanol–water partition coefficient (Wildman–Crippen LogP) is 1.39. The molecule has 0 fully saturated rings. The first kappa shape index (κ1) is 11.7. The molecule has 0 radical (unpaired) electrons. The lowest BCUT2D eigenvalue weighted by Crippen LogP contribution is -2.12. The Balaban J connectivity index is 2.06. The van der Waals surface area contributed by atoms with E-state index in [4.69, 9.17) is 0 Å². The molecular formula is C10H10BrN5O. The average Bonchev–Trinajstić information content (AvgIpc) is 2.84. The van der Waals surface area contributed by atoms with Gasteiger partial charge in [0.05, 0.1) is 11.9 Å². The SMILES string of the molecule is O=C(CCBr)Nc1ccc(-n2cncn2)nc1. The zero-order chi connectivity index (χ0) is 12.1. The Bertz CT molecular complexity index is 482. The summed E-state index contributed by atoms with van der Waals surface area (Å²) in [6.07, 6.45) is 5.02. The van der Waals surface area contributed by atoms with Crippen molar-refractivity contribution in [3.63, 3.8) is 0 Å². The summed E-state index contributed by atoms with van der Waals surface area (Å²) in [5, 5.41) is 7.34. The van der Waals surface area contributed by atoms with E-state index in [1.54, 1.807) is 29.3 Å². The topological polar surface area (TPSA) is 72.7 Å². The van der Waals surface area contributed by atoms with Crippen LogP contribution < -0.4 is 5.32 Å². The first-order chi connectivity index (χ1) is 8.29. The van der Waals surface area contributed by atoms with E-state index in [0.29, 0.717) is 23.3 Å². The molecule has 0 spiro atoms. The number of hydrogen-bond acceptors (Lipinski definition) is 4. The lowest BCUT2D eigenvalue weighted by molar-refractivity contribution is -0.115. The highest BCUT2D eigenvalue weighted by Crippen LogP contribution is 2.09. The second kappa shape index (κ2) is 5.53. The molecule has 2 heterocycles. The number of hydrogen-bond donors (Lipinski definition) is 1. The van der Waals surface area contributed by atoms with Gasteiger partial charge in [-0.2, -0.15) is 5.10 Å². The van der Waals surface area contributed by atoms with Crippen LogP contribution in [0.3, 0.4) is 0 Å². The lowest BCUT2D eigenvalue weighted by atomic mass is 10.3. The van der Waals surface area contributed by atoms with Crippen molar-refractivity contribution in [2.45, 2.75) is 6.42 Å². The third-order valence-electron chi connectivity index (χ3n) is 2.01. The van der Waals surface area contributed by atoms with Crippen LogP contribution in [0, 0.1) is 0 Å². The molecule has 88 valence electrons. The molecule has 0 aliphatic rings. The minimum absolute atomic E-state index is 0.0443. The van der Waals surface area contributed by atoms with Crippen molar-refractivity contribution in [1.29, 1.82) is 0 Å². The standard InChI is InChI=1S/C10H10BrN5O/c11-4-3-10(17)15-8-1-2-9(13-5-8)16-7-12-6-14-16/h1-2,5-7H,3-4H2,(H,15,17). The number of halogens is 1. The molecule has 2 aromatic heterocycles. The molecule has 0 saturated carbocycles. The van der Waals surface area contributed by atoms with Gasteiger partial charge < -0.3 is 5.32 Å². The highest BCUT2D eigenvalue weighted by Gasteiger charge is 2.02. The fraction of sp³-hybridized carbons (Fsp3) is 0.200. The van der Waals surface area contributed by atoms with Crippen LogP contribution in [0.15, 0.2) is 31.0 Å². The monoisotopic (exact) mass is 295 g/mol. The minimum atomic E-state index is -0.0443. The summed E-state index contributed by atoms with van der Waals surface area (Å²) in [5.74, 6) is 0.609. The van der Waals surface area contributed by atoms with Gasteiger partial charge in [-0.3, -0.25) is 4.79 Å². The first-order valence-electron chi connectivity index (χ1n) is 4.96. The summed E-state index contributed by atoms with van der Waals surface area (Å²) in [4.78, 5) is 19.3. The minimum Gasteiger partial charge on any atom is -0.325 e. The predicted molar refractivity (Wildman–Crippen MR) is 66.2 cm³/mol. The molecule has 6 nitrogen and oxygen atoms in total. The van der Waals surface area contributed by atoms with E-state index in [0.717, 1.165) is 0 Å². The molecule has 1 N–H and O–H groups in total. The summed E-state index contributed by atoms with van der Waals surface area (Å²) in [6.45, 7) is 0. The average molecular weight is 296 g/mol. The van der Waals surface area contributed by atoms with Crippen LogP contribution in [0.1, 0.15) is 6.42 Å². The van der Waals surface area contributed by atoms with E-state index in [1.165, 1.54) is 6.33 Å². The van der Waals surface area contributed by atoms with E-state index in [9.17, 15) is 4.79 Å². The van der Waals surface area contributed by atoms with Crippen LogP contribution >= 0.6 is 15.9 Å². The van der Waals surface area contributed by atoms with Gasteiger partial charge in [-0.1, -0.05) is 15.9 Å². The van der Waals surface area contributed by atoms with Crippen molar-refractivity contribution >= 4 is 27.5 Å². The van der Waals surface area contributed by atoms with Crippen molar-refractivity contribution in [1.82, 2.24) is 19.7 Å². The third kappa shape index (κ3) is 3.10. The number of carbonyl (C=O) groups is 1. The zero-order valence-electron chi connectivity index (χ0n) is 8.88. The van der Waals surface area contributed by atoms with E-state index < -0.39 is 0 Å². The molecule has 0 aliphatic heterocycles. The molecule has 0 bridgehead atoms. The van der Waals surface area contributed by atoms with E-state index in [1.807, 2.05) is 0 Å². The highest BCUT2D eigenvalue weighted by molar-refractivity contribution is 9.09. The molecule has 7 heteroatoms. The van der Waals surface area contributed by atoms with Crippen molar-refractivity contribution in [3.05, 3.63) is 31.0 Å². The number of anilines is 1. The Hall–Kier alpha value is -1.76. The molecule has 0 unspecified atom stereocenters. The van der Waals surface area contributed by atoms with Crippen LogP contribution in [0.4, 0.5) is 5.69 Å². The molecule has 2 rings (SSSR count). The summed E-state index contributed by atoms with van der Waals surface area (Å²) in [6, 6.07) is 3.54. The molecular weight excluding hydrogens is 286 g/mol. The summed E-state index contributed by atoms with van der Waals surface area (Å²) >= 11 is 3.21. The smallest absolute Gasteiger partial charge is 0.225 e. The molecule has 0 saturated heterocycles. The Morgan fingerprint density at radius 2 is 2.35 bits per heavy atom. The van der Waals surface area contributed by atoms with Crippen LogP contribution in [-0.2, 0) is 4.79 Å². The second-order valence-corrected chi connectivity index (χ2v) is 4.03. The van der Waals surface area contributed by atoms with Gasteiger partial charge >= 0.3 is 0 Å². The Kier molecular flexibility index (Phi) is 3.81. The number of amides is 1. The van der Waals surface area contributed by atoms with Crippen LogP contribution in [-0.4, -0.2) is 31.0 Å². The molecule has 17 heavy (non-hydrogen) atoms. The number of pyridine rings is 1. The summed E-state index contributed by atoms with van der Waals surface area (Å²) in [7, 11) is 0. The van der Waals surface area contributed by atoms with E-state index >= 15 is 0 Å². The molecule has 1 amide bonds. The van der Waals surface area contributed by atoms with Crippen molar-refractivity contribution in [3.8, 4) is 5.82 Å². The van der Waals surface area contributed by atoms with Crippen molar-refractivity contribution in [2.75, 3.05) is 10.6 Å². The number of rotatable bonds is 4. The summed E-state index contributed by atoms with van der Waals surface area (Å²) in [5.41, 5.74) is 0.666. The third-order valence-corrected chi connectivity index (χ3v) is 2.40. The number of nitrogens with zero attached hydrogens (tertiary/aromatic N) is 4. The van der Waals surface area contributed by atoms with Crippen LogP contribution in [0.2, 0.25) is 0 Å². The number of alkyl halides is 1. The maximum atomic E-state index is 11.3. The van der Waals surface area contributed by atoms with Gasteiger partial charge in [-0.25, -0.2) is 14.6 Å². The lowest BCUT2D eigenvalue weighted by Gasteiger charge is -2.04. The molecule has 0 aromatic carbocycles. The first-order valence-corrected chi connectivity index (χ1v) is 6.08. The number of carbonyl (C=O) groups excluding carboxylic acids is 1. The number of aromatic nitrogens is 4. The van der Waals surface area contributed by atoms with Gasteiger partial charge in [-0.15, -0.1) is 0 Å². The van der Waals surface area contributed by atoms with E-state index in [-0.39, 0.29) is 5.91 Å². The van der Waals surface area contributed by atoms with Gasteiger partial charge in [0.2, 0.25) is 5.91 Å². The zero-order valence-corrected chi connectivity index (χ0v) is 10.5. The second-order valence-electron chi connectivity index (χ2n) is 3.23. The quantitative estimate of drug-likeness (QED) is 0.865. The Morgan fingerprint density at radius 3 is 2.94 bits per heavy atom. The maximum absolute atomic E-state index is 11.3. The van der Waals surface area contributed by atoms with Gasteiger partial charge in [0.25, 0.3) is 0 Å². The Morgan fingerprint density at radius 1 is 1.47 bits per heavy atom. The highest BCUT2D eigenvalue weighted by atomic mass is 79.9. The van der Waals surface area contributed by atoms with Gasteiger partial charge in [0, 0.05) is 11.8 Å². The molecule has 0 aliphatic carbocycles. The van der Waals surface area contributed by atoms with Crippen molar-refractivity contribution < 1.29 is 4.79 Å². The van der Waals surface area contributed by atoms with Gasteiger partial charge in [0.15, 0.2) is 5.82 Å². The number of nitrogens with one attached hydrogen (secondary N) is 1. The molecule has 0 atom stereocenters. The van der Waals surface area contributed by atoms with Crippen molar-refractivity contribution in [2.24, 2.45) is 0 Å².